The second-order valence-corrected chi connectivity index (χ2v) is 18.8. The smallest absolute Gasteiger partial charge is 0.748 e. The summed E-state index contributed by atoms with van der Waals surface area (Å²) in [6, 6.07) is 0. The summed E-state index contributed by atoms with van der Waals surface area (Å²) in [6.45, 7) is 4.62. The van der Waals surface area contributed by atoms with Gasteiger partial charge in [0.2, 0.25) is 0 Å². The normalized spacial score (nSPS) is 37.1. The third-order valence-electron chi connectivity index (χ3n) is 10.4. The number of hydrogen-bond donors (Lipinski definition) is 0. The summed E-state index contributed by atoms with van der Waals surface area (Å²) in [6.07, 6.45) is 9.39. The summed E-state index contributed by atoms with van der Waals surface area (Å²) in [5.41, 5.74) is 2.82. The van der Waals surface area contributed by atoms with Gasteiger partial charge in [-0.25, -0.2) is 16.8 Å². The molecule has 2 aliphatic heterocycles. The quantitative estimate of drug-likeness (QED) is 0.0610. The third kappa shape index (κ3) is 8.57. The molecule has 0 aromatic rings. The van der Waals surface area contributed by atoms with Crippen LogP contribution in [0.3, 0.4) is 0 Å². The van der Waals surface area contributed by atoms with E-state index in [-0.39, 0.29) is 111 Å². The summed E-state index contributed by atoms with van der Waals surface area (Å²) in [7, 11) is -9.14. The fourth-order valence-corrected chi connectivity index (χ4v) is 15.0. The van der Waals surface area contributed by atoms with Crippen molar-refractivity contribution in [3.63, 3.8) is 0 Å². The molecule has 42 heavy (non-hydrogen) atoms. The monoisotopic (exact) mass is 690 g/mol. The molecule has 0 amide bonds. The van der Waals surface area contributed by atoms with E-state index in [1.807, 2.05) is 0 Å². The first-order valence-electron chi connectivity index (χ1n) is 14.1. The summed E-state index contributed by atoms with van der Waals surface area (Å²) in [5, 5.41) is 15.5. The Hall–Kier alpha value is 2.96. The fraction of sp³-hybridized carbons (Fsp3) is 0.846. The molecule has 2 unspecified atom stereocenters. The van der Waals surface area contributed by atoms with Crippen LogP contribution in [0.1, 0.15) is 90.9 Å². The Morgan fingerprint density at radius 2 is 1.17 bits per heavy atom. The minimum absolute atomic E-state index is 0. The third-order valence-corrected chi connectivity index (χ3v) is 17.2. The van der Waals surface area contributed by atoms with E-state index in [0.717, 1.165) is 43.9 Å². The summed E-state index contributed by atoms with van der Waals surface area (Å²) in [4.78, 5) is 0. The zero-order chi connectivity index (χ0) is 28.2. The van der Waals surface area contributed by atoms with Crippen molar-refractivity contribution in [1.82, 2.24) is 0 Å². The molecule has 2 atom stereocenters. The SMILES string of the molecule is CC1=C(C2CCC(SOO[O-])CC2)P2CC1(C)C(C1CCC(S(=O)(=O)[O-])CC1)=C2C1CCC(S(=O)(=O)[O-])CC1.[Na+].[Na+].[Na+]. The van der Waals surface area contributed by atoms with Gasteiger partial charge in [-0.05, 0) is 119 Å². The zero-order valence-corrected chi connectivity index (χ0v) is 34.8. The van der Waals surface area contributed by atoms with Crippen molar-refractivity contribution in [2.45, 2.75) is 107 Å². The van der Waals surface area contributed by atoms with Crippen molar-refractivity contribution in [2.24, 2.45) is 23.2 Å². The van der Waals surface area contributed by atoms with Crippen LogP contribution in [0.25, 0.3) is 0 Å². The molecule has 2 heterocycles. The molecule has 222 valence electrons. The minimum atomic E-state index is -4.30. The van der Waals surface area contributed by atoms with Gasteiger partial charge in [0.1, 0.15) is 0 Å². The van der Waals surface area contributed by atoms with Crippen molar-refractivity contribution in [3.8, 4) is 0 Å². The van der Waals surface area contributed by atoms with E-state index in [2.05, 4.69) is 23.2 Å². The van der Waals surface area contributed by atoms with E-state index >= 15 is 0 Å². The van der Waals surface area contributed by atoms with E-state index in [1.165, 1.54) is 16.5 Å². The largest absolute Gasteiger partial charge is 1.00 e. The van der Waals surface area contributed by atoms with Crippen molar-refractivity contribution in [1.29, 1.82) is 0 Å². The van der Waals surface area contributed by atoms with Gasteiger partial charge in [-0.2, -0.15) is 4.33 Å². The topological polar surface area (TPSA) is 156 Å². The summed E-state index contributed by atoms with van der Waals surface area (Å²) < 4.78 is 74.9. The van der Waals surface area contributed by atoms with Crippen molar-refractivity contribution in [3.05, 3.63) is 21.8 Å². The van der Waals surface area contributed by atoms with E-state index in [0.29, 0.717) is 57.3 Å². The molecule has 0 spiro atoms. The van der Waals surface area contributed by atoms with E-state index in [4.69, 9.17) is 0 Å². The first-order chi connectivity index (χ1) is 18.3. The standard InChI is InChI=1S/C26H41O9PS3.3Na/c1-16-24(18-3-9-20(10-4-18)37-35-34-27)36-15-26(16,2)23(17-5-11-21(12-6-17)38(28,29)30)25(36)19-7-13-22(14-8-19)39(31,32)33;;;/h17-22,27H,3-15H2,1-2H3,(H,28,29,30)(H,31,32,33);;;/q;3*+1/p-3. The maximum atomic E-state index is 11.7. The Morgan fingerprint density at radius 1 is 0.738 bits per heavy atom. The molecule has 3 aliphatic carbocycles. The molecule has 9 nitrogen and oxygen atoms in total. The Bertz CT molecular complexity index is 1220. The van der Waals surface area contributed by atoms with Crippen LogP contribution < -0.4 is 93.9 Å². The van der Waals surface area contributed by atoms with E-state index in [9.17, 15) is 31.2 Å². The molecule has 3 fully saturated rings. The second kappa shape index (κ2) is 16.6. The van der Waals surface area contributed by atoms with Crippen LogP contribution in [0.15, 0.2) is 21.8 Å². The average molecular weight is 691 g/mol. The maximum absolute atomic E-state index is 11.7. The summed E-state index contributed by atoms with van der Waals surface area (Å²) >= 11 is 1.11. The Balaban J connectivity index is 0.00000205. The van der Waals surface area contributed by atoms with Crippen molar-refractivity contribution < 1.29 is 129 Å². The van der Waals surface area contributed by atoms with Gasteiger partial charge in [0.15, 0.2) is 0 Å². The number of fused-ring (bicyclic) bond motifs is 2. The molecule has 0 radical (unpaired) electrons. The van der Waals surface area contributed by atoms with Gasteiger partial charge in [-0.15, -0.1) is 0 Å². The molecular formula is C26H38Na3O9PS3. The van der Waals surface area contributed by atoms with Gasteiger partial charge in [0, 0.05) is 33.2 Å². The minimum Gasteiger partial charge on any atom is -0.748 e. The van der Waals surface area contributed by atoms with Gasteiger partial charge in [0.25, 0.3) is 0 Å². The van der Waals surface area contributed by atoms with Gasteiger partial charge in [0.05, 0.1) is 20.2 Å². The fourth-order valence-electron chi connectivity index (χ4n) is 8.33. The molecule has 5 aliphatic rings. The zero-order valence-electron chi connectivity index (χ0n) is 25.5. The molecular weight excluding hydrogens is 652 g/mol. The predicted molar refractivity (Wildman–Crippen MR) is 146 cm³/mol. The summed E-state index contributed by atoms with van der Waals surface area (Å²) in [5.74, 6) is 0.966. The molecule has 0 aromatic carbocycles. The van der Waals surface area contributed by atoms with Crippen LogP contribution in [-0.2, 0) is 29.6 Å². The van der Waals surface area contributed by atoms with Gasteiger partial charge < -0.3 is 14.4 Å². The maximum Gasteiger partial charge on any atom is 1.00 e. The molecule has 16 heteroatoms. The second-order valence-electron chi connectivity index (χ2n) is 12.4. The Labute approximate surface area is 323 Å². The van der Waals surface area contributed by atoms with Gasteiger partial charge in [-0.3, -0.25) is 5.04 Å². The number of rotatable bonds is 8. The number of allylic oxidation sites excluding steroid dienone is 4. The van der Waals surface area contributed by atoms with Crippen LogP contribution in [0.2, 0.25) is 0 Å². The first-order valence-corrected chi connectivity index (χ1v) is 19.4. The molecule has 3 saturated carbocycles. The van der Waals surface area contributed by atoms with Gasteiger partial charge in [-0.1, -0.05) is 26.0 Å². The van der Waals surface area contributed by atoms with Crippen molar-refractivity contribution >= 4 is 40.2 Å². The van der Waals surface area contributed by atoms with Crippen LogP contribution in [0.4, 0.5) is 0 Å². The average Bonchev–Trinajstić information content (AvgIpc) is 3.34. The molecule has 0 aromatic heterocycles. The van der Waals surface area contributed by atoms with Crippen LogP contribution in [-0.4, -0.2) is 47.9 Å². The molecule has 0 N–H and O–H groups in total. The molecule has 5 rings (SSSR count). The Kier molecular flexibility index (Phi) is 16.2. The predicted octanol–water partition coefficient (Wildman–Crippen LogP) is -4.32. The molecule has 0 saturated heterocycles. The van der Waals surface area contributed by atoms with Crippen molar-refractivity contribution in [2.75, 3.05) is 6.16 Å². The van der Waals surface area contributed by atoms with Crippen LogP contribution in [0.5, 0.6) is 0 Å². The van der Waals surface area contributed by atoms with Crippen LogP contribution >= 0.6 is 20.0 Å². The van der Waals surface area contributed by atoms with Crippen LogP contribution in [0, 0.1) is 23.2 Å². The van der Waals surface area contributed by atoms with E-state index in [1.54, 1.807) is 5.31 Å². The van der Waals surface area contributed by atoms with E-state index < -0.39 is 38.7 Å². The van der Waals surface area contributed by atoms with Gasteiger partial charge >= 0.3 is 88.7 Å². The molecule has 2 bridgehead atoms. The Morgan fingerprint density at radius 3 is 1.62 bits per heavy atom. The number of hydrogen-bond acceptors (Lipinski definition) is 10. The first kappa shape index (κ1) is 41.1.